The van der Waals surface area contributed by atoms with Gasteiger partial charge in [-0.1, -0.05) is 13.8 Å². The molecule has 1 saturated carbocycles. The van der Waals surface area contributed by atoms with Crippen molar-refractivity contribution < 1.29 is 9.47 Å². The number of hydrogen-bond acceptors (Lipinski definition) is 3. The molecular weight excluding hydrogens is 178 g/mol. The lowest BCUT2D eigenvalue weighted by Gasteiger charge is -2.26. The van der Waals surface area contributed by atoms with E-state index in [0.29, 0.717) is 18.6 Å². The van der Waals surface area contributed by atoms with Crippen LogP contribution in [0.4, 0.5) is 0 Å². The van der Waals surface area contributed by atoms with Crippen LogP contribution in [-0.4, -0.2) is 25.0 Å². The van der Waals surface area contributed by atoms with Crippen LogP contribution in [0.25, 0.3) is 0 Å². The Bertz CT molecular complexity index is 250. The fraction of sp³-hybridized carbons (Fsp3) is 1.00. The average molecular weight is 199 g/mol. The molecule has 2 unspecified atom stereocenters. The molecule has 82 valence electrons. The molecule has 2 atom stereocenters. The molecule has 1 heterocycles. The van der Waals surface area contributed by atoms with E-state index < -0.39 is 5.79 Å². The highest BCUT2D eigenvalue weighted by Crippen LogP contribution is 2.66. The van der Waals surface area contributed by atoms with Gasteiger partial charge in [0.15, 0.2) is 5.79 Å². The van der Waals surface area contributed by atoms with Crippen molar-refractivity contribution in [2.45, 2.75) is 46.0 Å². The van der Waals surface area contributed by atoms with Crippen LogP contribution >= 0.6 is 0 Å². The van der Waals surface area contributed by atoms with Gasteiger partial charge in [0.05, 0.1) is 12.7 Å². The molecule has 3 heteroatoms. The molecule has 0 radical (unpaired) electrons. The van der Waals surface area contributed by atoms with Crippen LogP contribution in [0.2, 0.25) is 0 Å². The summed E-state index contributed by atoms with van der Waals surface area (Å²) in [6.07, 6.45) is 1.33. The highest BCUT2D eigenvalue weighted by atomic mass is 16.7. The monoisotopic (exact) mass is 199 g/mol. The predicted octanol–water partition coefficient (Wildman–Crippen LogP) is 1.51. The SMILES string of the molecule is CC1(C)OCC(C2(CN)CC2(C)C)O1. The Morgan fingerprint density at radius 3 is 2.14 bits per heavy atom. The zero-order chi connectivity index (χ0) is 10.6. The second-order valence-electron chi connectivity index (χ2n) is 5.74. The average Bonchev–Trinajstić information content (AvgIpc) is 2.43. The van der Waals surface area contributed by atoms with Crippen molar-refractivity contribution >= 4 is 0 Å². The third-order valence-electron chi connectivity index (χ3n) is 3.97. The minimum atomic E-state index is -0.425. The molecular formula is C11H21NO2. The van der Waals surface area contributed by atoms with Crippen LogP contribution in [0.3, 0.4) is 0 Å². The summed E-state index contributed by atoms with van der Waals surface area (Å²) in [7, 11) is 0. The summed E-state index contributed by atoms with van der Waals surface area (Å²) >= 11 is 0. The van der Waals surface area contributed by atoms with E-state index in [1.165, 1.54) is 0 Å². The smallest absolute Gasteiger partial charge is 0.163 e. The first-order valence-electron chi connectivity index (χ1n) is 5.35. The molecule has 2 N–H and O–H groups in total. The lowest BCUT2D eigenvalue weighted by atomic mass is 9.90. The van der Waals surface area contributed by atoms with Gasteiger partial charge in [0.25, 0.3) is 0 Å². The van der Waals surface area contributed by atoms with Crippen molar-refractivity contribution in [1.82, 2.24) is 0 Å². The third kappa shape index (κ3) is 1.30. The molecule has 2 aliphatic rings. The van der Waals surface area contributed by atoms with Crippen molar-refractivity contribution in [1.29, 1.82) is 0 Å². The van der Waals surface area contributed by atoms with Crippen LogP contribution in [0.15, 0.2) is 0 Å². The molecule has 0 amide bonds. The fourth-order valence-electron chi connectivity index (χ4n) is 2.73. The molecule has 2 rings (SSSR count). The molecule has 3 nitrogen and oxygen atoms in total. The zero-order valence-corrected chi connectivity index (χ0v) is 9.59. The standard InChI is InChI=1S/C11H21NO2/c1-9(2)6-11(9,7-12)8-5-13-10(3,4)14-8/h8H,5-7,12H2,1-4H3. The minimum absolute atomic E-state index is 0.154. The van der Waals surface area contributed by atoms with Gasteiger partial charge in [-0.25, -0.2) is 0 Å². The van der Waals surface area contributed by atoms with Crippen molar-refractivity contribution in [2.24, 2.45) is 16.6 Å². The summed E-state index contributed by atoms with van der Waals surface area (Å²) in [6.45, 7) is 9.83. The number of rotatable bonds is 2. The van der Waals surface area contributed by atoms with E-state index in [-0.39, 0.29) is 11.5 Å². The van der Waals surface area contributed by atoms with Crippen LogP contribution in [-0.2, 0) is 9.47 Å². The predicted molar refractivity (Wildman–Crippen MR) is 54.8 cm³/mol. The molecule has 0 spiro atoms. The lowest BCUT2D eigenvalue weighted by Crippen LogP contribution is -2.36. The molecule has 0 aromatic rings. The first-order valence-corrected chi connectivity index (χ1v) is 5.35. The van der Waals surface area contributed by atoms with Gasteiger partial charge in [-0.3, -0.25) is 0 Å². The van der Waals surface area contributed by atoms with E-state index >= 15 is 0 Å². The largest absolute Gasteiger partial charge is 0.348 e. The maximum atomic E-state index is 5.90. The maximum Gasteiger partial charge on any atom is 0.163 e. The molecule has 0 bridgehead atoms. The Balaban J connectivity index is 2.10. The molecule has 0 aromatic heterocycles. The first-order chi connectivity index (χ1) is 6.33. The third-order valence-corrected chi connectivity index (χ3v) is 3.97. The highest BCUT2D eigenvalue weighted by molar-refractivity contribution is 5.15. The fourth-order valence-corrected chi connectivity index (χ4v) is 2.73. The molecule has 2 fully saturated rings. The van der Waals surface area contributed by atoms with Crippen LogP contribution in [0.5, 0.6) is 0 Å². The van der Waals surface area contributed by atoms with Gasteiger partial charge in [0, 0.05) is 12.0 Å². The Labute approximate surface area is 85.9 Å². The van der Waals surface area contributed by atoms with E-state index in [1.54, 1.807) is 0 Å². The van der Waals surface area contributed by atoms with Crippen molar-refractivity contribution in [3.8, 4) is 0 Å². The topological polar surface area (TPSA) is 44.5 Å². The van der Waals surface area contributed by atoms with Gasteiger partial charge in [-0.2, -0.15) is 0 Å². The van der Waals surface area contributed by atoms with E-state index in [2.05, 4.69) is 13.8 Å². The maximum absolute atomic E-state index is 5.90. The normalized spacial score (nSPS) is 43.9. The zero-order valence-electron chi connectivity index (χ0n) is 9.59. The summed E-state index contributed by atoms with van der Waals surface area (Å²) in [5.74, 6) is -0.425. The summed E-state index contributed by atoms with van der Waals surface area (Å²) in [5, 5.41) is 0. The second kappa shape index (κ2) is 2.71. The van der Waals surface area contributed by atoms with Crippen molar-refractivity contribution in [2.75, 3.05) is 13.2 Å². The van der Waals surface area contributed by atoms with E-state index in [9.17, 15) is 0 Å². The van der Waals surface area contributed by atoms with Gasteiger partial charge >= 0.3 is 0 Å². The van der Waals surface area contributed by atoms with E-state index in [1.807, 2.05) is 13.8 Å². The molecule has 1 aliphatic heterocycles. The van der Waals surface area contributed by atoms with Crippen LogP contribution in [0.1, 0.15) is 34.1 Å². The van der Waals surface area contributed by atoms with Gasteiger partial charge in [0.1, 0.15) is 0 Å². The van der Waals surface area contributed by atoms with Gasteiger partial charge in [0.2, 0.25) is 0 Å². The molecule has 0 aromatic carbocycles. The highest BCUT2D eigenvalue weighted by Gasteiger charge is 2.66. The number of ether oxygens (including phenoxy) is 2. The van der Waals surface area contributed by atoms with Gasteiger partial charge in [-0.15, -0.1) is 0 Å². The van der Waals surface area contributed by atoms with Gasteiger partial charge in [-0.05, 0) is 25.7 Å². The van der Waals surface area contributed by atoms with Crippen LogP contribution in [0, 0.1) is 10.8 Å². The minimum Gasteiger partial charge on any atom is -0.348 e. The molecule has 14 heavy (non-hydrogen) atoms. The van der Waals surface area contributed by atoms with E-state index in [0.717, 1.165) is 6.42 Å². The number of hydrogen-bond donors (Lipinski definition) is 1. The van der Waals surface area contributed by atoms with Crippen molar-refractivity contribution in [3.05, 3.63) is 0 Å². The first kappa shape index (κ1) is 10.4. The van der Waals surface area contributed by atoms with Crippen LogP contribution < -0.4 is 5.73 Å². The number of nitrogens with two attached hydrogens (primary N) is 1. The summed E-state index contributed by atoms with van der Waals surface area (Å²) < 4.78 is 11.5. The van der Waals surface area contributed by atoms with Gasteiger partial charge < -0.3 is 15.2 Å². The molecule has 1 aliphatic carbocycles. The van der Waals surface area contributed by atoms with E-state index in [4.69, 9.17) is 15.2 Å². The Morgan fingerprint density at radius 1 is 1.29 bits per heavy atom. The summed E-state index contributed by atoms with van der Waals surface area (Å²) in [5.41, 5.74) is 6.35. The quantitative estimate of drug-likeness (QED) is 0.733. The Kier molecular flexibility index (Phi) is 2.02. The Morgan fingerprint density at radius 2 is 1.86 bits per heavy atom. The van der Waals surface area contributed by atoms with Crippen molar-refractivity contribution in [3.63, 3.8) is 0 Å². The summed E-state index contributed by atoms with van der Waals surface area (Å²) in [6, 6.07) is 0. The summed E-state index contributed by atoms with van der Waals surface area (Å²) in [4.78, 5) is 0. The second-order valence-corrected chi connectivity index (χ2v) is 5.74. The molecule has 1 saturated heterocycles. The Hall–Kier alpha value is -0.120. The lowest BCUT2D eigenvalue weighted by molar-refractivity contribution is -0.147.